The molecule has 0 aliphatic heterocycles. The summed E-state index contributed by atoms with van der Waals surface area (Å²) in [6.07, 6.45) is 0.385. The quantitative estimate of drug-likeness (QED) is 0.748. The Morgan fingerprint density at radius 3 is 2.26 bits per heavy atom. The van der Waals surface area contributed by atoms with Gasteiger partial charge in [0.2, 0.25) is 0 Å². The SMILES string of the molecule is CC(C)OCCC(C)(CO)CNC(=O)OC(C)(C)C. The van der Waals surface area contributed by atoms with Crippen molar-refractivity contribution >= 4 is 6.09 Å². The fourth-order valence-corrected chi connectivity index (χ4v) is 1.36. The van der Waals surface area contributed by atoms with E-state index in [4.69, 9.17) is 9.47 Å². The van der Waals surface area contributed by atoms with Crippen molar-refractivity contribution in [2.75, 3.05) is 19.8 Å². The normalized spacial score (nSPS) is 15.2. The molecule has 5 heteroatoms. The molecule has 0 aliphatic carbocycles. The average molecular weight is 275 g/mol. The first-order valence-electron chi connectivity index (χ1n) is 6.77. The van der Waals surface area contributed by atoms with Crippen LogP contribution in [0.4, 0.5) is 4.79 Å². The van der Waals surface area contributed by atoms with E-state index in [0.29, 0.717) is 19.6 Å². The van der Waals surface area contributed by atoms with Crippen LogP contribution in [0.5, 0.6) is 0 Å². The second kappa shape index (κ2) is 7.70. The molecule has 0 rings (SSSR count). The van der Waals surface area contributed by atoms with Gasteiger partial charge in [0.05, 0.1) is 12.7 Å². The minimum Gasteiger partial charge on any atom is -0.444 e. The van der Waals surface area contributed by atoms with Crippen LogP contribution >= 0.6 is 0 Å². The molecule has 19 heavy (non-hydrogen) atoms. The van der Waals surface area contributed by atoms with Gasteiger partial charge in [0.25, 0.3) is 0 Å². The summed E-state index contributed by atoms with van der Waals surface area (Å²) >= 11 is 0. The molecule has 1 amide bonds. The van der Waals surface area contributed by atoms with Crippen LogP contribution in [0, 0.1) is 5.41 Å². The lowest BCUT2D eigenvalue weighted by molar-refractivity contribution is 0.0288. The first-order chi connectivity index (χ1) is 8.58. The zero-order chi connectivity index (χ0) is 15.1. The Balaban J connectivity index is 4.13. The maximum absolute atomic E-state index is 11.6. The lowest BCUT2D eigenvalue weighted by Crippen LogP contribution is -2.41. The highest BCUT2D eigenvalue weighted by Gasteiger charge is 2.25. The minimum absolute atomic E-state index is 0.00967. The number of alkyl carbamates (subject to hydrolysis) is 1. The van der Waals surface area contributed by atoms with Crippen LogP contribution in [0.1, 0.15) is 48.0 Å². The van der Waals surface area contributed by atoms with E-state index in [0.717, 1.165) is 0 Å². The van der Waals surface area contributed by atoms with Crippen molar-refractivity contribution in [1.29, 1.82) is 0 Å². The van der Waals surface area contributed by atoms with Gasteiger partial charge in [-0.1, -0.05) is 6.92 Å². The summed E-state index contributed by atoms with van der Waals surface area (Å²) in [5, 5.41) is 12.1. The third-order valence-corrected chi connectivity index (χ3v) is 2.60. The highest BCUT2D eigenvalue weighted by molar-refractivity contribution is 5.67. The number of aliphatic hydroxyl groups excluding tert-OH is 1. The first-order valence-corrected chi connectivity index (χ1v) is 6.77. The van der Waals surface area contributed by atoms with Crippen LogP contribution in [-0.4, -0.2) is 42.7 Å². The van der Waals surface area contributed by atoms with E-state index in [9.17, 15) is 9.90 Å². The third kappa shape index (κ3) is 9.73. The Morgan fingerprint density at radius 2 is 1.84 bits per heavy atom. The van der Waals surface area contributed by atoms with Gasteiger partial charge in [-0.25, -0.2) is 4.79 Å². The molecule has 5 nitrogen and oxygen atoms in total. The third-order valence-electron chi connectivity index (χ3n) is 2.60. The number of nitrogens with one attached hydrogen (secondary N) is 1. The number of amides is 1. The highest BCUT2D eigenvalue weighted by Crippen LogP contribution is 2.20. The first kappa shape index (κ1) is 18.2. The predicted octanol–water partition coefficient (Wildman–Crippen LogP) is 2.32. The molecule has 0 aromatic heterocycles. The summed E-state index contributed by atoms with van der Waals surface area (Å²) in [7, 11) is 0. The smallest absolute Gasteiger partial charge is 0.407 e. The van der Waals surface area contributed by atoms with E-state index < -0.39 is 17.1 Å². The Kier molecular flexibility index (Phi) is 7.37. The van der Waals surface area contributed by atoms with E-state index in [1.54, 1.807) is 0 Å². The van der Waals surface area contributed by atoms with Crippen molar-refractivity contribution in [3.05, 3.63) is 0 Å². The fourth-order valence-electron chi connectivity index (χ4n) is 1.36. The molecule has 0 saturated heterocycles. The summed E-state index contributed by atoms with van der Waals surface area (Å²) in [6.45, 7) is 12.2. The molecule has 0 saturated carbocycles. The summed E-state index contributed by atoms with van der Waals surface area (Å²) in [4.78, 5) is 11.6. The molecule has 0 spiro atoms. The van der Waals surface area contributed by atoms with Gasteiger partial charge < -0.3 is 19.9 Å². The van der Waals surface area contributed by atoms with Crippen LogP contribution in [-0.2, 0) is 9.47 Å². The predicted molar refractivity (Wildman–Crippen MR) is 75.1 cm³/mol. The zero-order valence-corrected chi connectivity index (χ0v) is 13.1. The van der Waals surface area contributed by atoms with E-state index in [2.05, 4.69) is 5.32 Å². The van der Waals surface area contributed by atoms with E-state index >= 15 is 0 Å². The average Bonchev–Trinajstić information content (AvgIpc) is 2.24. The summed E-state index contributed by atoms with van der Waals surface area (Å²) < 4.78 is 10.6. The van der Waals surface area contributed by atoms with Crippen molar-refractivity contribution < 1.29 is 19.4 Å². The molecule has 1 unspecified atom stereocenters. The highest BCUT2D eigenvalue weighted by atomic mass is 16.6. The molecule has 0 bridgehead atoms. The standard InChI is InChI=1S/C14H29NO4/c1-11(2)18-8-7-14(6,10-16)9-15-12(17)19-13(3,4)5/h11,16H,7-10H2,1-6H3,(H,15,17). The Bertz CT molecular complexity index is 273. The van der Waals surface area contributed by atoms with E-state index in [1.807, 2.05) is 41.5 Å². The fraction of sp³-hybridized carbons (Fsp3) is 0.929. The summed E-state index contributed by atoms with van der Waals surface area (Å²) in [6, 6.07) is 0. The van der Waals surface area contributed by atoms with Gasteiger partial charge in [-0.05, 0) is 41.0 Å². The maximum atomic E-state index is 11.6. The van der Waals surface area contributed by atoms with Crippen LogP contribution < -0.4 is 5.32 Å². The molecular formula is C14H29NO4. The van der Waals surface area contributed by atoms with E-state index in [-0.39, 0.29) is 12.7 Å². The molecule has 114 valence electrons. The van der Waals surface area contributed by atoms with Crippen molar-refractivity contribution in [1.82, 2.24) is 5.32 Å². The largest absolute Gasteiger partial charge is 0.444 e. The molecule has 0 heterocycles. The molecule has 1 atom stereocenters. The number of carbonyl (C=O) groups excluding carboxylic acids is 1. The number of aliphatic hydroxyl groups is 1. The second-order valence-electron chi connectivity index (χ2n) is 6.49. The zero-order valence-electron chi connectivity index (χ0n) is 13.1. The summed E-state index contributed by atoms with van der Waals surface area (Å²) in [5.41, 5.74) is -0.910. The van der Waals surface area contributed by atoms with Crippen molar-refractivity contribution in [3.63, 3.8) is 0 Å². The number of carbonyl (C=O) groups is 1. The monoisotopic (exact) mass is 275 g/mol. The number of hydrogen-bond acceptors (Lipinski definition) is 4. The lowest BCUT2D eigenvalue weighted by Gasteiger charge is -2.28. The Morgan fingerprint density at radius 1 is 1.26 bits per heavy atom. The molecular weight excluding hydrogens is 246 g/mol. The van der Waals surface area contributed by atoms with Crippen LogP contribution in [0.3, 0.4) is 0 Å². The van der Waals surface area contributed by atoms with Crippen molar-refractivity contribution in [3.8, 4) is 0 Å². The van der Waals surface area contributed by atoms with Crippen LogP contribution in [0.15, 0.2) is 0 Å². The number of hydrogen-bond donors (Lipinski definition) is 2. The van der Waals surface area contributed by atoms with Gasteiger partial charge in [0, 0.05) is 18.6 Å². The minimum atomic E-state index is -0.513. The molecule has 0 aromatic rings. The lowest BCUT2D eigenvalue weighted by atomic mass is 9.88. The van der Waals surface area contributed by atoms with Gasteiger partial charge in [0.1, 0.15) is 5.60 Å². The Labute approximate surface area is 116 Å². The Hall–Kier alpha value is -0.810. The topological polar surface area (TPSA) is 67.8 Å². The number of ether oxygens (including phenoxy) is 2. The summed E-state index contributed by atoms with van der Waals surface area (Å²) in [5.74, 6) is 0. The maximum Gasteiger partial charge on any atom is 0.407 e. The van der Waals surface area contributed by atoms with Gasteiger partial charge in [0.15, 0.2) is 0 Å². The van der Waals surface area contributed by atoms with Crippen molar-refractivity contribution in [2.24, 2.45) is 5.41 Å². The second-order valence-corrected chi connectivity index (χ2v) is 6.49. The molecule has 0 aliphatic rings. The van der Waals surface area contributed by atoms with Gasteiger partial charge >= 0.3 is 6.09 Å². The number of rotatable bonds is 7. The van der Waals surface area contributed by atoms with Gasteiger partial charge in [-0.2, -0.15) is 0 Å². The van der Waals surface area contributed by atoms with Crippen LogP contribution in [0.25, 0.3) is 0 Å². The van der Waals surface area contributed by atoms with Gasteiger partial charge in [-0.15, -0.1) is 0 Å². The molecule has 2 N–H and O–H groups in total. The molecule has 0 aromatic carbocycles. The molecule has 0 fully saturated rings. The van der Waals surface area contributed by atoms with Crippen LogP contribution in [0.2, 0.25) is 0 Å². The van der Waals surface area contributed by atoms with Gasteiger partial charge in [-0.3, -0.25) is 0 Å². The van der Waals surface area contributed by atoms with Crippen molar-refractivity contribution in [2.45, 2.75) is 59.7 Å². The molecule has 0 radical (unpaired) electrons. The van der Waals surface area contributed by atoms with E-state index in [1.165, 1.54) is 0 Å².